The normalized spacial score (nSPS) is 16.1. The fourth-order valence-corrected chi connectivity index (χ4v) is 4.23. The molecule has 1 aromatic carbocycles. The molecule has 1 atom stereocenters. The Kier molecular flexibility index (Phi) is 5.03. The molecule has 0 aliphatic carbocycles. The van der Waals surface area contributed by atoms with Crippen molar-refractivity contribution in [3.05, 3.63) is 71.3 Å². The number of aryl methyl sites for hydroxylation is 2. The highest BCUT2D eigenvalue weighted by Crippen LogP contribution is 2.37. The standard InChI is InChI=1S/C24H20F3N5O2/c1-13-6-16(10-28-9-13)21-8-20(30-34-21)18-11-29-32-15(3)12-31(23(33)22(18)32)17-4-5-19(14(2)7-17)24(25,26)27/h4-11,15H,12H2,1-3H3/t15-/m0/s1. The first-order chi connectivity index (χ1) is 16.1. The number of rotatable bonds is 3. The highest BCUT2D eigenvalue weighted by Gasteiger charge is 2.36. The Balaban J connectivity index is 1.52. The van der Waals surface area contributed by atoms with Gasteiger partial charge in [0, 0.05) is 36.3 Å². The Labute approximate surface area is 192 Å². The van der Waals surface area contributed by atoms with Crippen molar-refractivity contribution in [2.75, 3.05) is 11.4 Å². The van der Waals surface area contributed by atoms with Crippen LogP contribution < -0.4 is 4.90 Å². The van der Waals surface area contributed by atoms with E-state index in [1.807, 2.05) is 19.9 Å². The second kappa shape index (κ2) is 7.82. The first kappa shape index (κ1) is 21.9. The zero-order valence-electron chi connectivity index (χ0n) is 18.6. The topological polar surface area (TPSA) is 77.1 Å². The predicted octanol–water partition coefficient (Wildman–Crippen LogP) is 5.46. The molecule has 34 heavy (non-hydrogen) atoms. The maximum absolute atomic E-state index is 13.5. The summed E-state index contributed by atoms with van der Waals surface area (Å²) >= 11 is 0. The third kappa shape index (κ3) is 3.64. The summed E-state index contributed by atoms with van der Waals surface area (Å²) in [6, 6.07) is 7.15. The van der Waals surface area contributed by atoms with Crippen molar-refractivity contribution in [3.8, 4) is 22.6 Å². The molecule has 0 saturated carbocycles. The van der Waals surface area contributed by atoms with Gasteiger partial charge in [-0.25, -0.2) is 0 Å². The monoisotopic (exact) mass is 467 g/mol. The SMILES string of the molecule is Cc1cncc(-c2cc(-c3cnn4c3C(=O)N(c3ccc(C(F)(F)F)c(C)c3)C[C@@H]4C)no2)c1. The number of nitrogens with zero attached hydrogens (tertiary/aromatic N) is 5. The average Bonchev–Trinajstić information content (AvgIpc) is 3.43. The van der Waals surface area contributed by atoms with Crippen LogP contribution in [0.4, 0.5) is 18.9 Å². The molecule has 5 rings (SSSR count). The minimum atomic E-state index is -4.45. The summed E-state index contributed by atoms with van der Waals surface area (Å²) in [7, 11) is 0. The Morgan fingerprint density at radius 1 is 1.09 bits per heavy atom. The number of benzene rings is 1. The zero-order valence-corrected chi connectivity index (χ0v) is 18.6. The van der Waals surface area contributed by atoms with E-state index in [2.05, 4.69) is 15.2 Å². The van der Waals surface area contributed by atoms with Gasteiger partial charge in [0.05, 0.1) is 23.4 Å². The van der Waals surface area contributed by atoms with Crippen LogP contribution in [0.25, 0.3) is 22.6 Å². The lowest BCUT2D eigenvalue weighted by molar-refractivity contribution is -0.138. The van der Waals surface area contributed by atoms with E-state index in [0.29, 0.717) is 28.4 Å². The quantitative estimate of drug-likeness (QED) is 0.400. The number of hydrogen-bond donors (Lipinski definition) is 0. The van der Waals surface area contributed by atoms with Crippen LogP contribution in [0.5, 0.6) is 0 Å². The van der Waals surface area contributed by atoms with Gasteiger partial charge in [-0.2, -0.15) is 18.3 Å². The average molecular weight is 467 g/mol. The van der Waals surface area contributed by atoms with Crippen LogP contribution in [0.15, 0.2) is 53.4 Å². The van der Waals surface area contributed by atoms with Gasteiger partial charge in [-0.3, -0.25) is 14.5 Å². The maximum atomic E-state index is 13.5. The molecule has 1 amide bonds. The number of halogens is 3. The van der Waals surface area contributed by atoms with Crippen LogP contribution in [0.3, 0.4) is 0 Å². The van der Waals surface area contributed by atoms with Crippen molar-refractivity contribution in [3.63, 3.8) is 0 Å². The molecule has 10 heteroatoms. The molecule has 0 fully saturated rings. The van der Waals surface area contributed by atoms with Gasteiger partial charge in [0.25, 0.3) is 5.91 Å². The summed E-state index contributed by atoms with van der Waals surface area (Å²) < 4.78 is 46.7. The van der Waals surface area contributed by atoms with Crippen LogP contribution in [0.1, 0.15) is 40.1 Å². The molecule has 4 heterocycles. The molecule has 0 N–H and O–H groups in total. The van der Waals surface area contributed by atoms with E-state index in [1.165, 1.54) is 24.0 Å². The van der Waals surface area contributed by atoms with Crippen LogP contribution in [-0.4, -0.2) is 32.4 Å². The molecule has 1 aliphatic heterocycles. The predicted molar refractivity (Wildman–Crippen MR) is 118 cm³/mol. The van der Waals surface area contributed by atoms with Gasteiger partial charge in [-0.1, -0.05) is 5.16 Å². The number of anilines is 1. The molecular weight excluding hydrogens is 447 g/mol. The van der Waals surface area contributed by atoms with Crippen molar-refractivity contribution in [2.24, 2.45) is 0 Å². The second-order valence-electron chi connectivity index (χ2n) is 8.44. The number of aromatic nitrogens is 4. The van der Waals surface area contributed by atoms with Crippen LogP contribution in [-0.2, 0) is 6.18 Å². The fourth-order valence-electron chi connectivity index (χ4n) is 4.23. The lowest BCUT2D eigenvalue weighted by Gasteiger charge is -2.32. The summed E-state index contributed by atoms with van der Waals surface area (Å²) in [5, 5.41) is 8.51. The third-order valence-electron chi connectivity index (χ3n) is 5.88. The van der Waals surface area contributed by atoms with Gasteiger partial charge in [0.15, 0.2) is 5.76 Å². The van der Waals surface area contributed by atoms with Gasteiger partial charge >= 0.3 is 6.18 Å². The number of amides is 1. The van der Waals surface area contributed by atoms with Crippen molar-refractivity contribution < 1.29 is 22.5 Å². The molecule has 0 saturated heterocycles. The van der Waals surface area contributed by atoms with Crippen molar-refractivity contribution in [1.82, 2.24) is 19.9 Å². The first-order valence-corrected chi connectivity index (χ1v) is 10.6. The van der Waals surface area contributed by atoms with Crippen LogP contribution in [0, 0.1) is 13.8 Å². The van der Waals surface area contributed by atoms with Crippen molar-refractivity contribution in [1.29, 1.82) is 0 Å². The minimum absolute atomic E-state index is 0.0534. The van der Waals surface area contributed by atoms with E-state index in [9.17, 15) is 18.0 Å². The number of carbonyl (C=O) groups excluding carboxylic acids is 1. The number of hydrogen-bond acceptors (Lipinski definition) is 5. The highest BCUT2D eigenvalue weighted by atomic mass is 19.4. The van der Waals surface area contributed by atoms with E-state index >= 15 is 0 Å². The minimum Gasteiger partial charge on any atom is -0.356 e. The molecule has 7 nitrogen and oxygen atoms in total. The van der Waals surface area contributed by atoms with Crippen LogP contribution in [0.2, 0.25) is 0 Å². The number of pyridine rings is 1. The van der Waals surface area contributed by atoms with Crippen molar-refractivity contribution >= 4 is 11.6 Å². The molecule has 0 unspecified atom stereocenters. The van der Waals surface area contributed by atoms with E-state index in [1.54, 1.807) is 29.3 Å². The summed E-state index contributed by atoms with van der Waals surface area (Å²) in [5.41, 5.74) is 2.67. The lowest BCUT2D eigenvalue weighted by atomic mass is 10.0. The van der Waals surface area contributed by atoms with Gasteiger partial charge < -0.3 is 9.42 Å². The third-order valence-corrected chi connectivity index (χ3v) is 5.88. The van der Waals surface area contributed by atoms with Gasteiger partial charge in [0.2, 0.25) is 0 Å². The second-order valence-corrected chi connectivity index (χ2v) is 8.44. The molecular formula is C24H20F3N5O2. The molecule has 4 aromatic rings. The molecule has 3 aromatic heterocycles. The van der Waals surface area contributed by atoms with Gasteiger partial charge in [0.1, 0.15) is 11.4 Å². The van der Waals surface area contributed by atoms with Crippen LogP contribution >= 0.6 is 0 Å². The smallest absolute Gasteiger partial charge is 0.356 e. The zero-order chi connectivity index (χ0) is 24.2. The molecule has 0 bridgehead atoms. The largest absolute Gasteiger partial charge is 0.416 e. The van der Waals surface area contributed by atoms with E-state index in [4.69, 9.17) is 4.52 Å². The number of fused-ring (bicyclic) bond motifs is 1. The van der Waals surface area contributed by atoms with Gasteiger partial charge in [-0.05, 0) is 56.2 Å². The highest BCUT2D eigenvalue weighted by molar-refractivity contribution is 6.09. The fraction of sp³-hybridized carbons (Fsp3) is 0.250. The van der Waals surface area contributed by atoms with E-state index in [-0.39, 0.29) is 24.1 Å². The molecule has 0 radical (unpaired) electrons. The molecule has 174 valence electrons. The summed E-state index contributed by atoms with van der Waals surface area (Å²) in [6.45, 7) is 5.47. The summed E-state index contributed by atoms with van der Waals surface area (Å²) in [4.78, 5) is 19.1. The molecule has 0 spiro atoms. The van der Waals surface area contributed by atoms with Crippen molar-refractivity contribution in [2.45, 2.75) is 33.0 Å². The Bertz CT molecular complexity index is 1410. The molecule has 1 aliphatic rings. The number of carbonyl (C=O) groups is 1. The summed E-state index contributed by atoms with van der Waals surface area (Å²) in [6.07, 6.45) is 0.492. The van der Waals surface area contributed by atoms with E-state index in [0.717, 1.165) is 17.2 Å². The maximum Gasteiger partial charge on any atom is 0.416 e. The Morgan fingerprint density at radius 2 is 1.88 bits per heavy atom. The summed E-state index contributed by atoms with van der Waals surface area (Å²) in [5.74, 6) is 0.129. The Hall–Kier alpha value is -3.95. The first-order valence-electron chi connectivity index (χ1n) is 10.6. The van der Waals surface area contributed by atoms with Gasteiger partial charge in [-0.15, -0.1) is 0 Å². The number of alkyl halides is 3. The lowest BCUT2D eigenvalue weighted by Crippen LogP contribution is -2.42. The Morgan fingerprint density at radius 3 is 2.59 bits per heavy atom. The van der Waals surface area contributed by atoms with E-state index < -0.39 is 11.7 Å².